The predicted octanol–water partition coefficient (Wildman–Crippen LogP) is 3.88. The Morgan fingerprint density at radius 3 is 2.00 bits per heavy atom. The summed E-state index contributed by atoms with van der Waals surface area (Å²) >= 11 is 0. The molecule has 3 aliphatic heterocycles. The molecular formula is C29H22N2O5. The van der Waals surface area contributed by atoms with E-state index in [1.54, 1.807) is 48.5 Å². The van der Waals surface area contributed by atoms with Crippen molar-refractivity contribution in [2.24, 2.45) is 11.8 Å². The van der Waals surface area contributed by atoms with Crippen LogP contribution in [0.3, 0.4) is 0 Å². The number of hydrogen-bond acceptors (Lipinski definition) is 6. The van der Waals surface area contributed by atoms with Crippen LogP contribution in [0, 0.1) is 11.8 Å². The fraction of sp³-hybridized carbons (Fsp3) is 0.241. The Bertz CT molecular complexity index is 1410. The van der Waals surface area contributed by atoms with Crippen LogP contribution in [0.4, 0.5) is 5.69 Å². The van der Waals surface area contributed by atoms with E-state index in [1.165, 1.54) is 4.90 Å². The van der Waals surface area contributed by atoms with Gasteiger partial charge in [0.1, 0.15) is 11.5 Å². The second-order valence-electron chi connectivity index (χ2n) is 9.80. The highest BCUT2D eigenvalue weighted by Crippen LogP contribution is 2.57. The normalized spacial score (nSPS) is 26.0. The van der Waals surface area contributed by atoms with E-state index < -0.39 is 23.3 Å². The summed E-state index contributed by atoms with van der Waals surface area (Å²) < 4.78 is 5.84. The molecule has 2 amide bonds. The third-order valence-corrected chi connectivity index (χ3v) is 8.15. The summed E-state index contributed by atoms with van der Waals surface area (Å²) in [7, 11) is 0. The molecule has 3 aromatic rings. The van der Waals surface area contributed by atoms with Crippen LogP contribution in [0.15, 0.2) is 78.9 Å². The van der Waals surface area contributed by atoms with Gasteiger partial charge in [0.2, 0.25) is 11.8 Å². The molecule has 4 aliphatic rings. The molecule has 1 aliphatic carbocycles. The van der Waals surface area contributed by atoms with Crippen molar-refractivity contribution in [3.8, 4) is 11.5 Å². The molecule has 0 aromatic heterocycles. The maximum absolute atomic E-state index is 14.0. The number of ketones is 2. The quantitative estimate of drug-likeness (QED) is 0.420. The largest absolute Gasteiger partial charge is 0.457 e. The number of carbonyl (C=O) groups excluding carboxylic acids is 4. The van der Waals surface area contributed by atoms with Gasteiger partial charge in [-0.2, -0.15) is 0 Å². The van der Waals surface area contributed by atoms with E-state index in [0.29, 0.717) is 41.3 Å². The smallest absolute Gasteiger partial charge is 0.240 e. The van der Waals surface area contributed by atoms with Gasteiger partial charge in [-0.05, 0) is 55.8 Å². The molecule has 3 saturated heterocycles. The first-order chi connectivity index (χ1) is 17.5. The van der Waals surface area contributed by atoms with Crippen molar-refractivity contribution in [3.63, 3.8) is 0 Å². The second-order valence-corrected chi connectivity index (χ2v) is 9.80. The molecule has 3 atom stereocenters. The van der Waals surface area contributed by atoms with Gasteiger partial charge in [0.05, 0.1) is 17.5 Å². The van der Waals surface area contributed by atoms with Gasteiger partial charge in [0.25, 0.3) is 0 Å². The summed E-state index contributed by atoms with van der Waals surface area (Å²) in [6.45, 7) is 0.523. The number of imide groups is 1. The molecule has 3 aromatic carbocycles. The van der Waals surface area contributed by atoms with Crippen LogP contribution >= 0.6 is 0 Å². The summed E-state index contributed by atoms with van der Waals surface area (Å²) in [5.74, 6) is -2.02. The topological polar surface area (TPSA) is 84.0 Å². The molecule has 36 heavy (non-hydrogen) atoms. The van der Waals surface area contributed by atoms with E-state index in [9.17, 15) is 19.2 Å². The van der Waals surface area contributed by atoms with Gasteiger partial charge >= 0.3 is 0 Å². The van der Waals surface area contributed by atoms with E-state index in [1.807, 2.05) is 35.2 Å². The van der Waals surface area contributed by atoms with Crippen molar-refractivity contribution < 1.29 is 23.9 Å². The number of anilines is 1. The number of para-hydroxylation sites is 1. The lowest BCUT2D eigenvalue weighted by molar-refractivity contribution is -0.124. The van der Waals surface area contributed by atoms with Crippen LogP contribution in [0.1, 0.15) is 33.6 Å². The molecule has 0 bridgehead atoms. The van der Waals surface area contributed by atoms with Crippen LogP contribution in [0.25, 0.3) is 0 Å². The van der Waals surface area contributed by atoms with Gasteiger partial charge in [-0.25, -0.2) is 4.90 Å². The van der Waals surface area contributed by atoms with Gasteiger partial charge in [0, 0.05) is 17.2 Å². The first-order valence-corrected chi connectivity index (χ1v) is 12.2. The monoisotopic (exact) mass is 478 g/mol. The Labute approximate surface area is 207 Å². The second kappa shape index (κ2) is 7.45. The van der Waals surface area contributed by atoms with Crippen molar-refractivity contribution >= 4 is 29.1 Å². The third-order valence-electron chi connectivity index (χ3n) is 8.15. The number of carbonyl (C=O) groups is 4. The number of rotatable bonds is 3. The van der Waals surface area contributed by atoms with Crippen LogP contribution in [0.5, 0.6) is 11.5 Å². The minimum atomic E-state index is -1.63. The lowest BCUT2D eigenvalue weighted by atomic mass is 9.76. The number of amides is 2. The summed E-state index contributed by atoms with van der Waals surface area (Å²) in [4.78, 5) is 58.5. The molecule has 0 radical (unpaired) electrons. The Kier molecular flexibility index (Phi) is 4.39. The molecule has 1 spiro atoms. The van der Waals surface area contributed by atoms with E-state index >= 15 is 0 Å². The van der Waals surface area contributed by atoms with Crippen LogP contribution < -0.4 is 9.64 Å². The van der Waals surface area contributed by atoms with Gasteiger partial charge in [-0.15, -0.1) is 0 Å². The molecular weight excluding hydrogens is 456 g/mol. The summed E-state index contributed by atoms with van der Waals surface area (Å²) in [5, 5.41) is 0. The number of hydrogen-bond donors (Lipinski definition) is 0. The van der Waals surface area contributed by atoms with Crippen molar-refractivity contribution in [2.75, 3.05) is 11.4 Å². The molecule has 0 unspecified atom stereocenters. The van der Waals surface area contributed by atoms with Crippen molar-refractivity contribution in [1.82, 2.24) is 4.90 Å². The molecule has 178 valence electrons. The zero-order valence-corrected chi connectivity index (χ0v) is 19.3. The Balaban J connectivity index is 1.27. The van der Waals surface area contributed by atoms with Crippen molar-refractivity contribution in [1.29, 1.82) is 0 Å². The van der Waals surface area contributed by atoms with E-state index in [0.717, 1.165) is 6.42 Å². The van der Waals surface area contributed by atoms with Crippen LogP contribution in [0.2, 0.25) is 0 Å². The first kappa shape index (κ1) is 21.2. The fourth-order valence-corrected chi connectivity index (χ4v) is 6.78. The zero-order valence-electron chi connectivity index (χ0n) is 19.3. The van der Waals surface area contributed by atoms with Gasteiger partial charge < -0.3 is 4.74 Å². The van der Waals surface area contributed by atoms with E-state index in [-0.39, 0.29) is 23.5 Å². The van der Waals surface area contributed by atoms with Crippen molar-refractivity contribution in [2.45, 2.75) is 24.4 Å². The average molecular weight is 479 g/mol. The fourth-order valence-electron chi connectivity index (χ4n) is 6.78. The van der Waals surface area contributed by atoms with Crippen LogP contribution in [-0.2, 0) is 9.59 Å². The average Bonchev–Trinajstić information content (AvgIpc) is 3.60. The standard InChI is InChI=1S/C29H22N2O5/c32-25-20-9-4-5-10-21(20)26(33)29(25)24-23(22-11-6-16-30(22)29)27(34)31(28(24)35)17-12-14-19(15-13-17)36-18-7-2-1-3-8-18/h1-5,7-10,12-15,22-24H,6,11,16H2/t22-,23-,24+/m0/s1. The minimum Gasteiger partial charge on any atom is -0.457 e. The number of Topliss-reactive ketones (excluding diaryl/α,β-unsaturated/α-hetero) is 2. The number of fused-ring (bicyclic) bond motifs is 6. The number of benzene rings is 3. The third kappa shape index (κ3) is 2.55. The Morgan fingerprint density at radius 1 is 0.722 bits per heavy atom. The number of ether oxygens (including phenoxy) is 1. The van der Waals surface area contributed by atoms with Crippen molar-refractivity contribution in [3.05, 3.63) is 90.0 Å². The predicted molar refractivity (Wildman–Crippen MR) is 130 cm³/mol. The van der Waals surface area contributed by atoms with E-state index in [4.69, 9.17) is 4.74 Å². The molecule has 0 saturated carbocycles. The summed E-state index contributed by atoms with van der Waals surface area (Å²) in [5.41, 5.74) is -0.535. The van der Waals surface area contributed by atoms with Crippen LogP contribution in [-0.4, -0.2) is 46.4 Å². The van der Waals surface area contributed by atoms with Gasteiger partial charge in [-0.3, -0.25) is 24.1 Å². The molecule has 3 fully saturated rings. The van der Waals surface area contributed by atoms with E-state index in [2.05, 4.69) is 0 Å². The maximum Gasteiger partial charge on any atom is 0.240 e. The zero-order chi connectivity index (χ0) is 24.6. The molecule has 7 nitrogen and oxygen atoms in total. The highest BCUT2D eigenvalue weighted by Gasteiger charge is 2.76. The minimum absolute atomic E-state index is 0.306. The number of nitrogens with zero attached hydrogens (tertiary/aromatic N) is 2. The highest BCUT2D eigenvalue weighted by atomic mass is 16.5. The molecule has 3 heterocycles. The summed E-state index contributed by atoms with van der Waals surface area (Å²) in [6, 6.07) is 22.5. The Hall–Kier alpha value is -4.10. The lowest BCUT2D eigenvalue weighted by Crippen LogP contribution is -2.59. The Morgan fingerprint density at radius 2 is 1.33 bits per heavy atom. The highest BCUT2D eigenvalue weighted by molar-refractivity contribution is 6.37. The SMILES string of the molecule is O=C1[C@H]2[C@@H]3CCCN3C3(C(=O)c4ccccc4C3=O)[C@H]2C(=O)N1c1ccc(Oc2ccccc2)cc1. The van der Waals surface area contributed by atoms with Gasteiger partial charge in [-0.1, -0.05) is 42.5 Å². The first-order valence-electron chi connectivity index (χ1n) is 12.2. The van der Waals surface area contributed by atoms with Gasteiger partial charge in [0.15, 0.2) is 17.1 Å². The molecule has 0 N–H and O–H groups in total. The lowest BCUT2D eigenvalue weighted by Gasteiger charge is -2.35. The maximum atomic E-state index is 14.0. The molecule has 7 rings (SSSR count). The summed E-state index contributed by atoms with van der Waals surface area (Å²) in [6.07, 6.45) is 1.45. The molecule has 7 heteroatoms.